The fraction of sp³-hybridized carbons (Fsp3) is 0.556. The van der Waals surface area contributed by atoms with Gasteiger partial charge in [-0.1, -0.05) is 31.2 Å². The first-order chi connectivity index (χ1) is 10.7. The van der Waals surface area contributed by atoms with E-state index >= 15 is 0 Å². The molecule has 0 aliphatic rings. The molecule has 0 bridgehead atoms. The first kappa shape index (κ1) is 19.0. The summed E-state index contributed by atoms with van der Waals surface area (Å²) in [7, 11) is 0. The van der Waals surface area contributed by atoms with Crippen molar-refractivity contribution in [1.29, 1.82) is 0 Å². The van der Waals surface area contributed by atoms with Crippen molar-refractivity contribution in [3.63, 3.8) is 0 Å². The Balaban J connectivity index is 2.34. The summed E-state index contributed by atoms with van der Waals surface area (Å²) < 4.78 is 5.11. The van der Waals surface area contributed by atoms with E-state index in [2.05, 4.69) is 29.7 Å². The number of carbonyl (C=O) groups excluding carboxylic acids is 2. The molecule has 1 unspecified atom stereocenters. The number of hydrogen-bond donors (Lipinski definition) is 2. The number of nitrogens with one attached hydrogen (secondary N) is 2. The number of hydrogen-bond acceptors (Lipinski definition) is 3. The third-order valence-corrected chi connectivity index (χ3v) is 3.29. The number of ether oxygens (including phenoxy) is 1. The minimum Gasteiger partial charge on any atom is -0.444 e. The molecule has 5 nitrogen and oxygen atoms in total. The molecule has 23 heavy (non-hydrogen) atoms. The van der Waals surface area contributed by atoms with Crippen molar-refractivity contribution < 1.29 is 14.3 Å². The Kier molecular flexibility index (Phi) is 7.07. The van der Waals surface area contributed by atoms with Crippen LogP contribution in [-0.2, 0) is 16.0 Å². The van der Waals surface area contributed by atoms with Gasteiger partial charge in [0.05, 0.1) is 6.04 Å². The number of aryl methyl sites for hydroxylation is 1. The van der Waals surface area contributed by atoms with Crippen LogP contribution in [0.2, 0.25) is 0 Å². The molecule has 2 amide bonds. The first-order valence-electron chi connectivity index (χ1n) is 8.06. The standard InChI is InChI=1S/C18H28N2O3/c1-6-14-7-9-15(10-8-14)13(2)20-16(21)11-12-19-17(22)23-18(3,4)5/h7-10,13H,6,11-12H2,1-5H3,(H,19,22)(H,20,21). The molecule has 0 saturated carbocycles. The maximum Gasteiger partial charge on any atom is 0.407 e. The number of rotatable bonds is 6. The quantitative estimate of drug-likeness (QED) is 0.844. The number of carbonyl (C=O) groups is 2. The summed E-state index contributed by atoms with van der Waals surface area (Å²) in [4.78, 5) is 23.4. The van der Waals surface area contributed by atoms with E-state index in [1.54, 1.807) is 20.8 Å². The van der Waals surface area contributed by atoms with Crippen molar-refractivity contribution in [1.82, 2.24) is 10.6 Å². The van der Waals surface area contributed by atoms with Crippen LogP contribution in [0, 0.1) is 0 Å². The molecule has 0 heterocycles. The monoisotopic (exact) mass is 320 g/mol. The predicted molar refractivity (Wildman–Crippen MR) is 91.2 cm³/mol. The zero-order chi connectivity index (χ0) is 17.5. The van der Waals surface area contributed by atoms with Crippen molar-refractivity contribution in [3.05, 3.63) is 35.4 Å². The Morgan fingerprint density at radius 1 is 1.17 bits per heavy atom. The van der Waals surface area contributed by atoms with Gasteiger partial charge in [0, 0.05) is 13.0 Å². The topological polar surface area (TPSA) is 67.4 Å². The Labute approximate surface area is 138 Å². The highest BCUT2D eigenvalue weighted by Gasteiger charge is 2.16. The molecular weight excluding hydrogens is 292 g/mol. The first-order valence-corrected chi connectivity index (χ1v) is 8.06. The van der Waals surface area contributed by atoms with Gasteiger partial charge in [0.2, 0.25) is 5.91 Å². The van der Waals surface area contributed by atoms with Gasteiger partial charge in [0.15, 0.2) is 0 Å². The van der Waals surface area contributed by atoms with Crippen molar-refractivity contribution in [2.75, 3.05) is 6.54 Å². The lowest BCUT2D eigenvalue weighted by Gasteiger charge is -2.19. The van der Waals surface area contributed by atoms with Crippen LogP contribution in [-0.4, -0.2) is 24.1 Å². The zero-order valence-electron chi connectivity index (χ0n) is 14.7. The van der Waals surface area contributed by atoms with Crippen LogP contribution < -0.4 is 10.6 Å². The Morgan fingerprint density at radius 2 is 1.78 bits per heavy atom. The van der Waals surface area contributed by atoms with Crippen LogP contribution in [0.5, 0.6) is 0 Å². The van der Waals surface area contributed by atoms with Gasteiger partial charge in [-0.15, -0.1) is 0 Å². The summed E-state index contributed by atoms with van der Waals surface area (Å²) in [5.74, 6) is -0.104. The molecule has 2 N–H and O–H groups in total. The molecular formula is C18H28N2O3. The summed E-state index contributed by atoms with van der Waals surface area (Å²) in [6, 6.07) is 8.14. The Morgan fingerprint density at radius 3 is 2.30 bits per heavy atom. The second-order valence-corrected chi connectivity index (χ2v) is 6.56. The SMILES string of the molecule is CCc1ccc(C(C)NC(=O)CCNC(=O)OC(C)(C)C)cc1. The molecule has 128 valence electrons. The highest BCUT2D eigenvalue weighted by atomic mass is 16.6. The molecule has 5 heteroatoms. The normalized spacial score (nSPS) is 12.4. The fourth-order valence-corrected chi connectivity index (χ4v) is 2.03. The average Bonchev–Trinajstić information content (AvgIpc) is 2.45. The summed E-state index contributed by atoms with van der Waals surface area (Å²) >= 11 is 0. The molecule has 0 radical (unpaired) electrons. The largest absolute Gasteiger partial charge is 0.444 e. The van der Waals surface area contributed by atoms with E-state index in [-0.39, 0.29) is 24.9 Å². The van der Waals surface area contributed by atoms with Crippen molar-refractivity contribution in [2.45, 2.75) is 59.1 Å². The van der Waals surface area contributed by atoms with Crippen molar-refractivity contribution in [2.24, 2.45) is 0 Å². The van der Waals surface area contributed by atoms with Gasteiger partial charge in [-0.2, -0.15) is 0 Å². The van der Waals surface area contributed by atoms with Gasteiger partial charge >= 0.3 is 6.09 Å². The molecule has 0 aliphatic carbocycles. The number of benzene rings is 1. The van der Waals surface area contributed by atoms with Crippen LogP contribution >= 0.6 is 0 Å². The van der Waals surface area contributed by atoms with Gasteiger partial charge < -0.3 is 15.4 Å². The molecule has 0 fully saturated rings. The third kappa shape index (κ3) is 7.68. The molecule has 1 rings (SSSR count). The van der Waals surface area contributed by atoms with E-state index in [1.807, 2.05) is 19.1 Å². The maximum atomic E-state index is 11.9. The second kappa shape index (κ2) is 8.56. The lowest BCUT2D eigenvalue weighted by atomic mass is 10.0. The van der Waals surface area contributed by atoms with E-state index in [1.165, 1.54) is 5.56 Å². The van der Waals surface area contributed by atoms with E-state index < -0.39 is 11.7 Å². The van der Waals surface area contributed by atoms with Crippen LogP contribution in [0.3, 0.4) is 0 Å². The predicted octanol–water partition coefficient (Wildman–Crippen LogP) is 3.34. The van der Waals surface area contributed by atoms with Crippen molar-refractivity contribution >= 4 is 12.0 Å². The van der Waals surface area contributed by atoms with Gasteiger partial charge in [0.1, 0.15) is 5.60 Å². The van der Waals surface area contributed by atoms with Gasteiger partial charge in [-0.3, -0.25) is 4.79 Å². The smallest absolute Gasteiger partial charge is 0.407 e. The lowest BCUT2D eigenvalue weighted by Crippen LogP contribution is -2.35. The fourth-order valence-electron chi connectivity index (χ4n) is 2.03. The lowest BCUT2D eigenvalue weighted by molar-refractivity contribution is -0.121. The number of alkyl carbamates (subject to hydrolysis) is 1. The van der Waals surface area contributed by atoms with E-state index in [9.17, 15) is 9.59 Å². The summed E-state index contributed by atoms with van der Waals surface area (Å²) in [6.07, 6.45) is 0.710. The summed E-state index contributed by atoms with van der Waals surface area (Å²) in [5.41, 5.74) is 1.80. The van der Waals surface area contributed by atoms with Crippen LogP contribution in [0.25, 0.3) is 0 Å². The zero-order valence-corrected chi connectivity index (χ0v) is 14.7. The highest BCUT2D eigenvalue weighted by molar-refractivity contribution is 5.77. The van der Waals surface area contributed by atoms with E-state index in [0.717, 1.165) is 12.0 Å². The molecule has 0 aliphatic heterocycles. The van der Waals surface area contributed by atoms with Gasteiger partial charge in [-0.25, -0.2) is 4.79 Å². The molecule has 0 spiro atoms. The summed E-state index contributed by atoms with van der Waals surface area (Å²) in [5, 5.41) is 5.50. The molecule has 1 aromatic carbocycles. The van der Waals surface area contributed by atoms with Gasteiger partial charge in [-0.05, 0) is 45.2 Å². The Bertz CT molecular complexity index is 518. The molecule has 0 aromatic heterocycles. The average molecular weight is 320 g/mol. The summed E-state index contributed by atoms with van der Waals surface area (Å²) in [6.45, 7) is 9.70. The van der Waals surface area contributed by atoms with E-state index in [4.69, 9.17) is 4.74 Å². The minimum atomic E-state index is -0.536. The Hall–Kier alpha value is -2.04. The van der Waals surface area contributed by atoms with Crippen LogP contribution in [0.4, 0.5) is 4.79 Å². The van der Waals surface area contributed by atoms with Gasteiger partial charge in [0.25, 0.3) is 0 Å². The van der Waals surface area contributed by atoms with Crippen LogP contribution in [0.1, 0.15) is 58.2 Å². The number of amides is 2. The van der Waals surface area contributed by atoms with Crippen LogP contribution in [0.15, 0.2) is 24.3 Å². The maximum absolute atomic E-state index is 11.9. The minimum absolute atomic E-state index is 0.0602. The molecule has 1 aromatic rings. The van der Waals surface area contributed by atoms with E-state index in [0.29, 0.717) is 0 Å². The third-order valence-electron chi connectivity index (χ3n) is 3.29. The highest BCUT2D eigenvalue weighted by Crippen LogP contribution is 2.13. The molecule has 0 saturated heterocycles. The molecule has 1 atom stereocenters. The van der Waals surface area contributed by atoms with Crippen molar-refractivity contribution in [3.8, 4) is 0 Å². The second-order valence-electron chi connectivity index (χ2n) is 6.56.